The van der Waals surface area contributed by atoms with E-state index in [0.717, 1.165) is 53.3 Å². The number of ether oxygens (including phenoxy) is 1. The zero-order chi connectivity index (χ0) is 26.2. The van der Waals surface area contributed by atoms with E-state index >= 15 is 0 Å². The van der Waals surface area contributed by atoms with Crippen LogP contribution in [-0.2, 0) is 6.42 Å². The zero-order valence-electron chi connectivity index (χ0n) is 22.0. The van der Waals surface area contributed by atoms with Crippen LogP contribution >= 0.6 is 11.3 Å². The molecule has 1 aromatic heterocycles. The minimum Gasteiger partial charge on any atom is -0.496 e. The van der Waals surface area contributed by atoms with Crippen LogP contribution in [0.4, 0.5) is 5.69 Å². The third kappa shape index (κ3) is 4.09. The fourth-order valence-electron chi connectivity index (χ4n) is 5.71. The van der Waals surface area contributed by atoms with Crippen LogP contribution in [0.25, 0.3) is 11.8 Å². The number of hydrogen-bond donors (Lipinski definition) is 0. The molecule has 0 N–H and O–H groups in total. The van der Waals surface area contributed by atoms with Crippen molar-refractivity contribution in [3.63, 3.8) is 0 Å². The third-order valence-corrected chi connectivity index (χ3v) is 8.61. The first-order valence-corrected chi connectivity index (χ1v) is 14.1. The quantitative estimate of drug-likeness (QED) is 0.352. The van der Waals surface area contributed by atoms with Crippen molar-refractivity contribution in [2.75, 3.05) is 25.1 Å². The van der Waals surface area contributed by atoms with Gasteiger partial charge in [-0.05, 0) is 67.7 Å². The molecule has 1 aliphatic carbocycles. The van der Waals surface area contributed by atoms with Gasteiger partial charge in [0.15, 0.2) is 4.80 Å². The fourth-order valence-corrected chi connectivity index (χ4v) is 6.71. The normalized spacial score (nSPS) is 16.4. The summed E-state index contributed by atoms with van der Waals surface area (Å²) in [6.07, 6.45) is 3.78. The molecule has 6 rings (SSSR count). The standard InChI is InChI=1S/C32H31N3O2S/c1-4-34(5-2)23-17-14-21(15-18-23)20-28-31(36)35-30(25-12-8-9-13-27(25)37-3)26-19-16-22-10-6-7-11-24(22)29(26)33-32(35)38-28/h6-15,17-18,20,30H,4-5,16,19H2,1-3H3/b28-20-/t30-/m1/s1. The molecule has 38 heavy (non-hydrogen) atoms. The molecular weight excluding hydrogens is 490 g/mol. The summed E-state index contributed by atoms with van der Waals surface area (Å²) in [5.74, 6) is 0.784. The smallest absolute Gasteiger partial charge is 0.271 e. The Morgan fingerprint density at radius 1 is 1.00 bits per heavy atom. The van der Waals surface area contributed by atoms with Crippen molar-refractivity contribution in [2.45, 2.75) is 32.7 Å². The first kappa shape index (κ1) is 24.4. The van der Waals surface area contributed by atoms with Crippen molar-refractivity contribution in [3.05, 3.63) is 120 Å². The van der Waals surface area contributed by atoms with Crippen molar-refractivity contribution in [2.24, 2.45) is 4.99 Å². The lowest BCUT2D eigenvalue weighted by Crippen LogP contribution is -2.39. The molecule has 0 bridgehead atoms. The van der Waals surface area contributed by atoms with Gasteiger partial charge in [0, 0.05) is 29.9 Å². The molecular formula is C32H31N3O2S. The summed E-state index contributed by atoms with van der Waals surface area (Å²) in [6, 6.07) is 24.7. The summed E-state index contributed by atoms with van der Waals surface area (Å²) in [5, 5.41) is 0. The first-order valence-electron chi connectivity index (χ1n) is 13.2. The number of benzene rings is 3. The van der Waals surface area contributed by atoms with Gasteiger partial charge in [-0.1, -0.05) is 65.9 Å². The van der Waals surface area contributed by atoms with Gasteiger partial charge >= 0.3 is 0 Å². The topological polar surface area (TPSA) is 46.8 Å². The van der Waals surface area contributed by atoms with Crippen LogP contribution in [0.2, 0.25) is 0 Å². The Hall–Kier alpha value is -3.90. The lowest BCUT2D eigenvalue weighted by Gasteiger charge is -2.31. The molecule has 0 unspecified atom stereocenters. The molecule has 2 aliphatic rings. The van der Waals surface area contributed by atoms with Crippen LogP contribution in [0.5, 0.6) is 5.75 Å². The number of rotatable bonds is 6. The number of para-hydroxylation sites is 1. The summed E-state index contributed by atoms with van der Waals surface area (Å²) >= 11 is 1.46. The summed E-state index contributed by atoms with van der Waals surface area (Å²) in [6.45, 7) is 6.25. The Bertz CT molecular complexity index is 1710. The first-order chi connectivity index (χ1) is 18.6. The van der Waals surface area contributed by atoms with Crippen molar-refractivity contribution in [1.82, 2.24) is 4.57 Å². The lowest BCUT2D eigenvalue weighted by atomic mass is 9.83. The van der Waals surface area contributed by atoms with E-state index in [1.165, 1.54) is 33.7 Å². The number of methoxy groups -OCH3 is 1. The molecule has 0 saturated heterocycles. The van der Waals surface area contributed by atoms with Gasteiger partial charge in [-0.2, -0.15) is 0 Å². The van der Waals surface area contributed by atoms with E-state index in [0.29, 0.717) is 4.53 Å². The maximum Gasteiger partial charge on any atom is 0.271 e. The average Bonchev–Trinajstić information content (AvgIpc) is 3.27. The predicted octanol–water partition coefficient (Wildman–Crippen LogP) is 5.17. The minimum absolute atomic E-state index is 0.0112. The van der Waals surface area contributed by atoms with E-state index in [4.69, 9.17) is 9.73 Å². The molecule has 192 valence electrons. The molecule has 0 fully saturated rings. The van der Waals surface area contributed by atoms with Crippen molar-refractivity contribution in [1.29, 1.82) is 0 Å². The van der Waals surface area contributed by atoms with Gasteiger partial charge in [-0.25, -0.2) is 4.99 Å². The summed E-state index contributed by atoms with van der Waals surface area (Å²) in [5.41, 5.74) is 7.83. The zero-order valence-corrected chi connectivity index (χ0v) is 22.8. The summed E-state index contributed by atoms with van der Waals surface area (Å²) in [4.78, 5) is 22.2. The number of allylic oxidation sites excluding steroid dienone is 1. The molecule has 0 saturated carbocycles. The van der Waals surface area contributed by atoms with E-state index in [2.05, 4.69) is 73.3 Å². The van der Waals surface area contributed by atoms with Gasteiger partial charge in [0.25, 0.3) is 5.56 Å². The van der Waals surface area contributed by atoms with Crippen LogP contribution in [0.3, 0.4) is 0 Å². The van der Waals surface area contributed by atoms with Crippen molar-refractivity contribution >= 4 is 28.8 Å². The second kappa shape index (κ2) is 10.1. The van der Waals surface area contributed by atoms with E-state index in [1.54, 1.807) is 7.11 Å². The number of hydrogen-bond acceptors (Lipinski definition) is 5. The van der Waals surface area contributed by atoms with Crippen LogP contribution in [0, 0.1) is 0 Å². The number of fused-ring (bicyclic) bond motifs is 3. The Morgan fingerprint density at radius 2 is 1.74 bits per heavy atom. The highest BCUT2D eigenvalue weighted by Crippen LogP contribution is 2.43. The lowest BCUT2D eigenvalue weighted by molar-refractivity contribution is 0.402. The molecule has 4 aromatic rings. The summed E-state index contributed by atoms with van der Waals surface area (Å²) < 4.78 is 8.34. The highest BCUT2D eigenvalue weighted by molar-refractivity contribution is 7.07. The second-order valence-electron chi connectivity index (χ2n) is 9.62. The van der Waals surface area contributed by atoms with E-state index in [-0.39, 0.29) is 11.6 Å². The van der Waals surface area contributed by atoms with Crippen molar-refractivity contribution in [3.8, 4) is 5.75 Å². The SMILES string of the molecule is CCN(CC)c1ccc(/C=c2\sc3n(c2=O)[C@H](c2ccccc2OC)C2=C(N=3)c3ccccc3CC2)cc1. The molecule has 1 atom stereocenters. The van der Waals surface area contributed by atoms with Gasteiger partial charge in [-0.3, -0.25) is 9.36 Å². The Balaban J connectivity index is 1.54. The Morgan fingerprint density at radius 3 is 2.50 bits per heavy atom. The predicted molar refractivity (Wildman–Crippen MR) is 156 cm³/mol. The van der Waals surface area contributed by atoms with Crippen LogP contribution in [0.15, 0.2) is 88.2 Å². The monoisotopic (exact) mass is 521 g/mol. The largest absolute Gasteiger partial charge is 0.496 e. The Labute approximate surface area is 226 Å². The van der Waals surface area contributed by atoms with Crippen LogP contribution in [0.1, 0.15) is 48.6 Å². The molecule has 2 heterocycles. The van der Waals surface area contributed by atoms with Gasteiger partial charge < -0.3 is 9.64 Å². The molecule has 0 amide bonds. The molecule has 1 aliphatic heterocycles. The fraction of sp³-hybridized carbons (Fsp3) is 0.250. The van der Waals surface area contributed by atoms with Crippen LogP contribution in [-0.4, -0.2) is 24.8 Å². The molecule has 3 aromatic carbocycles. The van der Waals surface area contributed by atoms with Gasteiger partial charge in [0.05, 0.1) is 23.4 Å². The molecule has 5 nitrogen and oxygen atoms in total. The maximum absolute atomic E-state index is 14.0. The number of thiazole rings is 1. The number of aryl methyl sites for hydroxylation is 1. The third-order valence-electron chi connectivity index (χ3n) is 7.63. The second-order valence-corrected chi connectivity index (χ2v) is 10.6. The van der Waals surface area contributed by atoms with E-state index < -0.39 is 0 Å². The van der Waals surface area contributed by atoms with Crippen LogP contribution < -0.4 is 24.5 Å². The number of aromatic nitrogens is 1. The van der Waals surface area contributed by atoms with Gasteiger partial charge in [-0.15, -0.1) is 0 Å². The summed E-state index contributed by atoms with van der Waals surface area (Å²) in [7, 11) is 1.69. The van der Waals surface area contributed by atoms with Gasteiger partial charge in [0.2, 0.25) is 0 Å². The highest BCUT2D eigenvalue weighted by atomic mass is 32.1. The number of nitrogens with zero attached hydrogens (tertiary/aromatic N) is 3. The van der Waals surface area contributed by atoms with Crippen molar-refractivity contribution < 1.29 is 4.74 Å². The average molecular weight is 522 g/mol. The Kier molecular flexibility index (Phi) is 6.50. The van der Waals surface area contributed by atoms with E-state index in [9.17, 15) is 4.79 Å². The molecule has 0 spiro atoms. The molecule has 6 heteroatoms. The maximum atomic E-state index is 14.0. The molecule has 0 radical (unpaired) electrons. The van der Waals surface area contributed by atoms with Gasteiger partial charge in [0.1, 0.15) is 5.75 Å². The minimum atomic E-state index is -0.252. The number of anilines is 1. The van der Waals surface area contributed by atoms with E-state index in [1.807, 2.05) is 28.8 Å². The highest BCUT2D eigenvalue weighted by Gasteiger charge is 2.33.